The molecule has 36 heavy (non-hydrogen) atoms. The topological polar surface area (TPSA) is 65.7 Å². The number of piperazine rings is 1. The lowest BCUT2D eigenvalue weighted by Gasteiger charge is -2.41. The Kier molecular flexibility index (Phi) is 5.74. The highest BCUT2D eigenvalue weighted by Gasteiger charge is 2.35. The van der Waals surface area contributed by atoms with Crippen LogP contribution in [0.25, 0.3) is 11.5 Å². The second-order valence-corrected chi connectivity index (χ2v) is 9.64. The van der Waals surface area contributed by atoms with Crippen molar-refractivity contribution >= 4 is 28.9 Å². The number of halogens is 1. The van der Waals surface area contributed by atoms with Crippen LogP contribution in [0.2, 0.25) is 5.02 Å². The maximum absolute atomic E-state index is 13.3. The molecule has 1 amide bonds. The molecule has 0 saturated carbocycles. The summed E-state index contributed by atoms with van der Waals surface area (Å²) < 4.78 is 5.55. The van der Waals surface area contributed by atoms with Crippen molar-refractivity contribution in [3.05, 3.63) is 94.3 Å². The molecular formula is C28H26ClN5O2. The van der Waals surface area contributed by atoms with E-state index in [9.17, 15) is 4.79 Å². The fourth-order valence-corrected chi connectivity index (χ4v) is 5.64. The minimum absolute atomic E-state index is 0.00654. The van der Waals surface area contributed by atoms with Crippen LogP contribution in [0.3, 0.4) is 0 Å². The fourth-order valence-electron chi connectivity index (χ4n) is 5.34. The SMILES string of the molecule is Cc1nnc(-c2ccc(N3CCN(C4c5ccccc5C(=O)N(C)c5ccccc54)CC3)c(Cl)c2)o1. The number of aryl methyl sites for hydroxylation is 1. The van der Waals surface area contributed by atoms with Gasteiger partial charge in [-0.25, -0.2) is 0 Å². The molecule has 7 nitrogen and oxygen atoms in total. The standard InChI is InChI=1S/C28H26ClN5O2/c1-18-30-31-27(36-18)19-11-12-25(23(29)17-19)33-13-15-34(16-14-33)26-20-7-3-4-8-21(20)28(35)32(2)24-10-6-5-9-22(24)26/h3-12,17,26H,13-16H2,1-2H3. The number of anilines is 2. The summed E-state index contributed by atoms with van der Waals surface area (Å²) in [7, 11) is 1.86. The summed E-state index contributed by atoms with van der Waals surface area (Å²) in [6.07, 6.45) is 0. The van der Waals surface area contributed by atoms with Crippen LogP contribution in [0.4, 0.5) is 11.4 Å². The third-order valence-electron chi connectivity index (χ3n) is 7.12. The van der Waals surface area contributed by atoms with Crippen molar-refractivity contribution < 1.29 is 9.21 Å². The van der Waals surface area contributed by atoms with Gasteiger partial charge in [-0.05, 0) is 41.5 Å². The van der Waals surface area contributed by atoms with Crippen LogP contribution >= 0.6 is 11.6 Å². The largest absolute Gasteiger partial charge is 0.421 e. The number of nitrogens with zero attached hydrogens (tertiary/aromatic N) is 5. The van der Waals surface area contributed by atoms with Crippen LogP contribution in [0.5, 0.6) is 0 Å². The van der Waals surface area contributed by atoms with Gasteiger partial charge in [-0.15, -0.1) is 10.2 Å². The average molecular weight is 500 g/mol. The third kappa shape index (κ3) is 3.85. The molecule has 182 valence electrons. The molecule has 1 fully saturated rings. The molecule has 0 radical (unpaired) electrons. The Bertz CT molecular complexity index is 1440. The van der Waals surface area contributed by atoms with Gasteiger partial charge in [0.05, 0.1) is 16.8 Å². The molecule has 4 aromatic rings. The number of carbonyl (C=O) groups excluding carboxylic acids is 1. The van der Waals surface area contributed by atoms with Crippen molar-refractivity contribution in [3.8, 4) is 11.5 Å². The number of hydrogen-bond acceptors (Lipinski definition) is 6. The molecule has 0 aliphatic carbocycles. The number of hydrogen-bond donors (Lipinski definition) is 0. The van der Waals surface area contributed by atoms with Crippen LogP contribution in [0, 0.1) is 6.92 Å². The number of benzene rings is 3. The first-order valence-corrected chi connectivity index (χ1v) is 12.4. The molecule has 2 aliphatic rings. The lowest BCUT2D eigenvalue weighted by Crippen LogP contribution is -2.48. The van der Waals surface area contributed by atoms with E-state index in [1.54, 1.807) is 11.8 Å². The lowest BCUT2D eigenvalue weighted by molar-refractivity contribution is 0.0992. The van der Waals surface area contributed by atoms with Gasteiger partial charge in [0.25, 0.3) is 5.91 Å². The van der Waals surface area contributed by atoms with Gasteiger partial charge in [0, 0.05) is 57.0 Å². The first kappa shape index (κ1) is 22.8. The van der Waals surface area contributed by atoms with Crippen molar-refractivity contribution in [2.45, 2.75) is 13.0 Å². The molecule has 0 N–H and O–H groups in total. The molecule has 3 aromatic carbocycles. The molecule has 0 spiro atoms. The lowest BCUT2D eigenvalue weighted by atomic mass is 9.93. The Hall–Kier alpha value is -3.68. The number of aromatic nitrogens is 2. The van der Waals surface area contributed by atoms with Gasteiger partial charge in [-0.2, -0.15) is 0 Å². The van der Waals surface area contributed by atoms with Crippen molar-refractivity contribution in [1.82, 2.24) is 15.1 Å². The molecule has 1 unspecified atom stereocenters. The molecule has 1 saturated heterocycles. The summed E-state index contributed by atoms with van der Waals surface area (Å²) in [4.78, 5) is 19.9. The summed E-state index contributed by atoms with van der Waals surface area (Å²) >= 11 is 6.70. The summed E-state index contributed by atoms with van der Waals surface area (Å²) in [6, 6.07) is 22.1. The van der Waals surface area contributed by atoms with E-state index in [1.807, 2.05) is 55.6 Å². The van der Waals surface area contributed by atoms with E-state index in [-0.39, 0.29) is 11.9 Å². The predicted octanol–water partition coefficient (Wildman–Crippen LogP) is 5.20. The zero-order valence-electron chi connectivity index (χ0n) is 20.2. The molecule has 6 rings (SSSR count). The zero-order chi connectivity index (χ0) is 24.8. The predicted molar refractivity (Wildman–Crippen MR) is 141 cm³/mol. The smallest absolute Gasteiger partial charge is 0.258 e. The van der Waals surface area contributed by atoms with Crippen LogP contribution in [-0.4, -0.2) is 54.2 Å². The molecular weight excluding hydrogens is 474 g/mol. The Morgan fingerprint density at radius 3 is 2.33 bits per heavy atom. The van der Waals surface area contributed by atoms with Crippen molar-refractivity contribution in [2.24, 2.45) is 0 Å². The molecule has 1 atom stereocenters. The number of amides is 1. The van der Waals surface area contributed by atoms with Gasteiger partial charge in [0.15, 0.2) is 0 Å². The molecule has 3 heterocycles. The van der Waals surface area contributed by atoms with Crippen molar-refractivity contribution in [2.75, 3.05) is 43.0 Å². The first-order chi connectivity index (χ1) is 17.5. The summed E-state index contributed by atoms with van der Waals surface area (Å²) in [5, 5.41) is 8.66. The monoisotopic (exact) mass is 499 g/mol. The van der Waals surface area contributed by atoms with E-state index in [1.165, 1.54) is 0 Å². The van der Waals surface area contributed by atoms with Crippen LogP contribution < -0.4 is 9.80 Å². The van der Waals surface area contributed by atoms with E-state index in [4.69, 9.17) is 16.0 Å². The number of rotatable bonds is 3. The van der Waals surface area contributed by atoms with Gasteiger partial charge in [0.1, 0.15) is 0 Å². The van der Waals surface area contributed by atoms with Gasteiger partial charge in [0.2, 0.25) is 11.8 Å². The number of fused-ring (bicyclic) bond motifs is 2. The van der Waals surface area contributed by atoms with Crippen molar-refractivity contribution in [1.29, 1.82) is 0 Å². The van der Waals surface area contributed by atoms with E-state index in [0.717, 1.165) is 59.8 Å². The average Bonchev–Trinajstić information content (AvgIpc) is 3.32. The molecule has 0 bridgehead atoms. The normalized spacial score (nSPS) is 18.1. The van der Waals surface area contributed by atoms with Gasteiger partial charge < -0.3 is 14.2 Å². The summed E-state index contributed by atoms with van der Waals surface area (Å²) in [5.41, 5.74) is 5.74. The summed E-state index contributed by atoms with van der Waals surface area (Å²) in [6.45, 7) is 5.09. The van der Waals surface area contributed by atoms with E-state index >= 15 is 0 Å². The Balaban J connectivity index is 1.28. The quantitative estimate of drug-likeness (QED) is 0.386. The van der Waals surface area contributed by atoms with Gasteiger partial charge >= 0.3 is 0 Å². The van der Waals surface area contributed by atoms with Crippen molar-refractivity contribution in [3.63, 3.8) is 0 Å². The zero-order valence-corrected chi connectivity index (χ0v) is 20.9. The highest BCUT2D eigenvalue weighted by molar-refractivity contribution is 6.33. The van der Waals surface area contributed by atoms with Gasteiger partial charge in [-0.1, -0.05) is 48.0 Å². The maximum atomic E-state index is 13.3. The number of para-hydroxylation sites is 1. The third-order valence-corrected chi connectivity index (χ3v) is 7.43. The number of carbonyl (C=O) groups is 1. The van der Waals surface area contributed by atoms with E-state index in [2.05, 4.69) is 38.2 Å². The van der Waals surface area contributed by atoms with Crippen LogP contribution in [0.1, 0.15) is 33.4 Å². The molecule has 8 heteroatoms. The Labute approximate surface area is 214 Å². The van der Waals surface area contributed by atoms with Crippen LogP contribution in [0.15, 0.2) is 71.1 Å². The minimum Gasteiger partial charge on any atom is -0.421 e. The second-order valence-electron chi connectivity index (χ2n) is 9.23. The molecule has 2 aliphatic heterocycles. The molecule has 1 aromatic heterocycles. The second kappa shape index (κ2) is 9.08. The Morgan fingerprint density at radius 1 is 0.889 bits per heavy atom. The highest BCUT2D eigenvalue weighted by Crippen LogP contribution is 2.41. The fraction of sp³-hybridized carbons (Fsp3) is 0.250. The Morgan fingerprint density at radius 2 is 1.61 bits per heavy atom. The highest BCUT2D eigenvalue weighted by atomic mass is 35.5. The van der Waals surface area contributed by atoms with Gasteiger partial charge in [-0.3, -0.25) is 9.69 Å². The van der Waals surface area contributed by atoms with Crippen LogP contribution in [-0.2, 0) is 0 Å². The van der Waals surface area contributed by atoms with E-state index in [0.29, 0.717) is 16.8 Å². The minimum atomic E-state index is 0.00654. The maximum Gasteiger partial charge on any atom is 0.258 e. The summed E-state index contributed by atoms with van der Waals surface area (Å²) in [5.74, 6) is 1.02. The first-order valence-electron chi connectivity index (χ1n) is 12.1. The van der Waals surface area contributed by atoms with E-state index < -0.39 is 0 Å².